The summed E-state index contributed by atoms with van der Waals surface area (Å²) in [4.78, 5) is 38.2. The molecule has 0 aromatic heterocycles. The van der Waals surface area contributed by atoms with Crippen LogP contribution in [0.2, 0.25) is 0 Å². The predicted octanol–water partition coefficient (Wildman–Crippen LogP) is 2.79. The molecule has 23 heavy (non-hydrogen) atoms. The predicted molar refractivity (Wildman–Crippen MR) is 85.9 cm³/mol. The molecule has 0 radical (unpaired) electrons. The maximum atomic E-state index is 12.6. The lowest BCUT2D eigenvalue weighted by molar-refractivity contribution is -0.149. The zero-order valence-electron chi connectivity index (χ0n) is 15.0. The highest BCUT2D eigenvalue weighted by Gasteiger charge is 2.38. The SMILES string of the molecule is COC(=O)[C@@H](CC(=O)[C@H]1CCCN1C(=O)OC(C)(C)C)C(C)C. The van der Waals surface area contributed by atoms with Crippen molar-refractivity contribution < 1.29 is 23.9 Å². The van der Waals surface area contributed by atoms with Crippen LogP contribution in [0.4, 0.5) is 4.79 Å². The van der Waals surface area contributed by atoms with Crippen molar-refractivity contribution >= 4 is 17.8 Å². The van der Waals surface area contributed by atoms with Gasteiger partial charge >= 0.3 is 12.1 Å². The molecule has 132 valence electrons. The number of carbonyl (C=O) groups excluding carboxylic acids is 3. The second-order valence-corrected chi connectivity index (χ2v) is 7.38. The number of rotatable bonds is 5. The summed E-state index contributed by atoms with van der Waals surface area (Å²) in [6.07, 6.45) is 1.01. The van der Waals surface area contributed by atoms with E-state index >= 15 is 0 Å². The monoisotopic (exact) mass is 327 g/mol. The van der Waals surface area contributed by atoms with Gasteiger partial charge in [0.05, 0.1) is 19.1 Å². The van der Waals surface area contributed by atoms with Gasteiger partial charge in [0.15, 0.2) is 5.78 Å². The molecule has 0 aliphatic carbocycles. The summed E-state index contributed by atoms with van der Waals surface area (Å²) in [5.74, 6) is -0.955. The number of esters is 1. The summed E-state index contributed by atoms with van der Waals surface area (Å²) in [7, 11) is 1.32. The van der Waals surface area contributed by atoms with E-state index in [-0.39, 0.29) is 24.1 Å². The van der Waals surface area contributed by atoms with E-state index in [0.29, 0.717) is 13.0 Å². The number of amides is 1. The van der Waals surface area contributed by atoms with Gasteiger partial charge in [0.25, 0.3) is 0 Å². The maximum Gasteiger partial charge on any atom is 0.410 e. The van der Waals surface area contributed by atoms with Crippen LogP contribution in [0, 0.1) is 11.8 Å². The van der Waals surface area contributed by atoms with E-state index in [1.54, 1.807) is 20.8 Å². The molecule has 1 amide bonds. The van der Waals surface area contributed by atoms with E-state index in [1.165, 1.54) is 12.0 Å². The van der Waals surface area contributed by atoms with Crippen molar-refractivity contribution in [1.29, 1.82) is 0 Å². The molecule has 1 rings (SSSR count). The van der Waals surface area contributed by atoms with Crippen molar-refractivity contribution in [3.8, 4) is 0 Å². The summed E-state index contributed by atoms with van der Waals surface area (Å²) in [6.45, 7) is 9.66. The van der Waals surface area contributed by atoms with E-state index in [0.717, 1.165) is 6.42 Å². The molecule has 0 saturated carbocycles. The number of nitrogens with zero attached hydrogens (tertiary/aromatic N) is 1. The van der Waals surface area contributed by atoms with Crippen molar-refractivity contribution in [2.45, 2.75) is 65.5 Å². The van der Waals surface area contributed by atoms with Gasteiger partial charge in [-0.2, -0.15) is 0 Å². The molecule has 1 heterocycles. The van der Waals surface area contributed by atoms with Crippen LogP contribution in [0.25, 0.3) is 0 Å². The molecule has 1 saturated heterocycles. The minimum Gasteiger partial charge on any atom is -0.469 e. The van der Waals surface area contributed by atoms with Crippen molar-refractivity contribution in [1.82, 2.24) is 4.90 Å². The first-order chi connectivity index (χ1) is 10.6. The Morgan fingerprint density at radius 2 is 1.83 bits per heavy atom. The van der Waals surface area contributed by atoms with Gasteiger partial charge in [-0.15, -0.1) is 0 Å². The highest BCUT2D eigenvalue weighted by molar-refractivity contribution is 5.91. The zero-order valence-corrected chi connectivity index (χ0v) is 15.0. The largest absolute Gasteiger partial charge is 0.469 e. The van der Waals surface area contributed by atoms with E-state index in [2.05, 4.69) is 0 Å². The molecule has 0 aromatic carbocycles. The van der Waals surface area contributed by atoms with Crippen LogP contribution in [-0.4, -0.2) is 48.0 Å². The number of likely N-dealkylation sites (tertiary alicyclic amines) is 1. The van der Waals surface area contributed by atoms with Gasteiger partial charge in [-0.25, -0.2) is 4.79 Å². The molecule has 0 unspecified atom stereocenters. The van der Waals surface area contributed by atoms with Crippen molar-refractivity contribution in [2.24, 2.45) is 11.8 Å². The molecule has 0 aromatic rings. The smallest absolute Gasteiger partial charge is 0.410 e. The Balaban J connectivity index is 2.77. The van der Waals surface area contributed by atoms with Gasteiger partial charge in [-0.1, -0.05) is 13.8 Å². The Morgan fingerprint density at radius 1 is 1.22 bits per heavy atom. The molecule has 0 N–H and O–H groups in total. The topological polar surface area (TPSA) is 72.9 Å². The average Bonchev–Trinajstić information content (AvgIpc) is 2.91. The normalized spacial score (nSPS) is 19.6. The molecule has 2 atom stereocenters. The first-order valence-electron chi connectivity index (χ1n) is 8.17. The highest BCUT2D eigenvalue weighted by atomic mass is 16.6. The number of carbonyl (C=O) groups is 3. The molecular formula is C17H29NO5. The third-order valence-corrected chi connectivity index (χ3v) is 3.98. The van der Waals surface area contributed by atoms with Gasteiger partial charge in [-0.3, -0.25) is 14.5 Å². The maximum absolute atomic E-state index is 12.6. The molecule has 6 heteroatoms. The third-order valence-electron chi connectivity index (χ3n) is 3.98. The Bertz CT molecular complexity index is 452. The molecule has 1 fully saturated rings. The summed E-state index contributed by atoms with van der Waals surface area (Å²) < 4.78 is 10.1. The Kier molecular flexibility index (Phi) is 6.59. The second kappa shape index (κ2) is 7.79. The van der Waals surface area contributed by atoms with Crippen LogP contribution in [0.1, 0.15) is 53.9 Å². The van der Waals surface area contributed by atoms with E-state index in [9.17, 15) is 14.4 Å². The van der Waals surface area contributed by atoms with E-state index < -0.39 is 23.7 Å². The Morgan fingerprint density at radius 3 is 2.30 bits per heavy atom. The first-order valence-corrected chi connectivity index (χ1v) is 8.17. The highest BCUT2D eigenvalue weighted by Crippen LogP contribution is 2.25. The quantitative estimate of drug-likeness (QED) is 0.726. The van der Waals surface area contributed by atoms with Crippen molar-refractivity contribution in [3.05, 3.63) is 0 Å². The average molecular weight is 327 g/mol. The van der Waals surface area contributed by atoms with Crippen LogP contribution in [0.3, 0.4) is 0 Å². The summed E-state index contributed by atoms with van der Waals surface area (Å²) >= 11 is 0. The van der Waals surface area contributed by atoms with Crippen LogP contribution < -0.4 is 0 Å². The number of ketones is 1. The lowest BCUT2D eigenvalue weighted by Crippen LogP contribution is -2.44. The zero-order chi connectivity index (χ0) is 17.8. The second-order valence-electron chi connectivity index (χ2n) is 7.38. The molecular weight excluding hydrogens is 298 g/mol. The minimum absolute atomic E-state index is 0.00257. The fourth-order valence-electron chi connectivity index (χ4n) is 2.74. The fourth-order valence-corrected chi connectivity index (χ4v) is 2.74. The standard InChI is InChI=1S/C17H29NO5/c1-11(2)12(15(20)22-6)10-14(19)13-8-7-9-18(13)16(21)23-17(3,4)5/h11-13H,7-10H2,1-6H3/t12-,13+/m0/s1. The van der Waals surface area contributed by atoms with E-state index in [4.69, 9.17) is 9.47 Å². The summed E-state index contributed by atoms with van der Waals surface area (Å²) in [5, 5.41) is 0. The van der Waals surface area contributed by atoms with E-state index in [1.807, 2.05) is 13.8 Å². The molecule has 0 spiro atoms. The van der Waals surface area contributed by atoms with Crippen LogP contribution in [0.15, 0.2) is 0 Å². The van der Waals surface area contributed by atoms with Crippen LogP contribution in [-0.2, 0) is 19.1 Å². The molecule has 0 bridgehead atoms. The lowest BCUT2D eigenvalue weighted by Gasteiger charge is -2.28. The number of hydrogen-bond donors (Lipinski definition) is 0. The number of Topliss-reactive ketones (excluding diaryl/α,β-unsaturated/α-hetero) is 1. The Hall–Kier alpha value is -1.59. The molecule has 1 aliphatic rings. The van der Waals surface area contributed by atoms with Gasteiger partial charge in [0.2, 0.25) is 0 Å². The molecule has 6 nitrogen and oxygen atoms in total. The van der Waals surface area contributed by atoms with Gasteiger partial charge in [0, 0.05) is 13.0 Å². The van der Waals surface area contributed by atoms with Gasteiger partial charge in [-0.05, 0) is 39.5 Å². The van der Waals surface area contributed by atoms with Crippen molar-refractivity contribution in [2.75, 3.05) is 13.7 Å². The number of ether oxygens (including phenoxy) is 2. The first kappa shape index (κ1) is 19.5. The van der Waals surface area contributed by atoms with Gasteiger partial charge in [0.1, 0.15) is 5.60 Å². The van der Waals surface area contributed by atoms with Crippen LogP contribution >= 0.6 is 0 Å². The number of hydrogen-bond acceptors (Lipinski definition) is 5. The Labute approximate surface area is 138 Å². The lowest BCUT2D eigenvalue weighted by atomic mass is 9.88. The van der Waals surface area contributed by atoms with Crippen LogP contribution in [0.5, 0.6) is 0 Å². The molecule has 1 aliphatic heterocycles. The summed E-state index contributed by atoms with van der Waals surface area (Å²) in [6, 6.07) is -0.504. The van der Waals surface area contributed by atoms with Gasteiger partial charge < -0.3 is 9.47 Å². The fraction of sp³-hybridized carbons (Fsp3) is 0.824. The summed E-state index contributed by atoms with van der Waals surface area (Å²) in [5.41, 5.74) is -0.597. The van der Waals surface area contributed by atoms with Crippen molar-refractivity contribution in [3.63, 3.8) is 0 Å². The third kappa shape index (κ3) is 5.52. The number of methoxy groups -OCH3 is 1. The minimum atomic E-state index is -0.597.